The average molecular weight is 382 g/mol. The molecule has 0 atom stereocenters. The summed E-state index contributed by atoms with van der Waals surface area (Å²) < 4.78 is 5.38. The third kappa shape index (κ3) is 4.63. The topological polar surface area (TPSA) is 70.2 Å². The first-order valence-electron chi connectivity index (χ1n) is 9.03. The quantitative estimate of drug-likeness (QED) is 0.687. The van der Waals surface area contributed by atoms with Crippen molar-refractivity contribution in [3.8, 4) is 0 Å². The summed E-state index contributed by atoms with van der Waals surface area (Å²) >= 11 is 1.68. The minimum atomic E-state index is -0.167. The van der Waals surface area contributed by atoms with Crippen LogP contribution < -0.4 is 5.32 Å². The fourth-order valence-corrected chi connectivity index (χ4v) is 3.88. The Bertz CT molecular complexity index is 868. The van der Waals surface area contributed by atoms with Gasteiger partial charge in [-0.3, -0.25) is 14.8 Å². The zero-order chi connectivity index (χ0) is 18.5. The lowest BCUT2D eigenvalue weighted by molar-refractivity contribution is 0.0342. The summed E-state index contributed by atoms with van der Waals surface area (Å²) in [6.45, 7) is 4.43. The summed E-state index contributed by atoms with van der Waals surface area (Å²) in [4.78, 5) is 16.2. The van der Waals surface area contributed by atoms with Crippen LogP contribution >= 0.6 is 11.3 Å². The van der Waals surface area contributed by atoms with Gasteiger partial charge in [0.25, 0.3) is 5.91 Å². The first-order valence-corrected chi connectivity index (χ1v) is 9.91. The van der Waals surface area contributed by atoms with E-state index in [4.69, 9.17) is 4.74 Å². The number of carbonyl (C=O) groups is 1. The Balaban J connectivity index is 1.37. The Hall–Kier alpha value is -2.48. The molecule has 3 heterocycles. The molecule has 0 radical (unpaired) electrons. The third-order valence-corrected chi connectivity index (χ3v) is 5.49. The standard InChI is InChI=1S/C20H22N4O2S/c25-20(19-16(13-21-23-19)12-18-2-1-11-27-18)22-17-5-3-15(4-6-17)14-24-7-9-26-10-8-24/h1-6,11,13H,7-10,12,14H2,(H,21,23)(H,22,25). The maximum absolute atomic E-state index is 12.6. The van der Waals surface area contributed by atoms with E-state index in [2.05, 4.69) is 38.6 Å². The fourth-order valence-electron chi connectivity index (χ4n) is 3.15. The van der Waals surface area contributed by atoms with Crippen molar-refractivity contribution in [2.45, 2.75) is 13.0 Å². The zero-order valence-electron chi connectivity index (χ0n) is 15.0. The summed E-state index contributed by atoms with van der Waals surface area (Å²) in [5.74, 6) is -0.167. The van der Waals surface area contributed by atoms with Crippen LogP contribution in [0.1, 0.15) is 26.5 Å². The molecule has 0 spiro atoms. The third-order valence-electron chi connectivity index (χ3n) is 4.61. The molecule has 0 saturated carbocycles. The summed E-state index contributed by atoms with van der Waals surface area (Å²) in [7, 11) is 0. The van der Waals surface area contributed by atoms with Gasteiger partial charge in [0.05, 0.1) is 19.4 Å². The van der Waals surface area contributed by atoms with Gasteiger partial charge in [-0.1, -0.05) is 18.2 Å². The van der Waals surface area contributed by atoms with Crippen LogP contribution in [0.25, 0.3) is 0 Å². The number of hydrogen-bond acceptors (Lipinski definition) is 5. The average Bonchev–Trinajstić information content (AvgIpc) is 3.37. The van der Waals surface area contributed by atoms with Gasteiger partial charge in [-0.25, -0.2) is 0 Å². The second-order valence-corrected chi connectivity index (χ2v) is 7.60. The predicted octanol–water partition coefficient (Wildman–Crippen LogP) is 3.15. The zero-order valence-corrected chi connectivity index (χ0v) is 15.8. The Morgan fingerprint density at radius 3 is 2.78 bits per heavy atom. The lowest BCUT2D eigenvalue weighted by Gasteiger charge is -2.26. The predicted molar refractivity (Wildman–Crippen MR) is 106 cm³/mol. The number of nitrogens with one attached hydrogen (secondary N) is 2. The van der Waals surface area contributed by atoms with Crippen LogP contribution in [-0.2, 0) is 17.7 Å². The molecule has 1 fully saturated rings. The SMILES string of the molecule is O=C(Nc1ccc(CN2CCOCC2)cc1)c1[nH]ncc1Cc1cccs1. The van der Waals surface area contributed by atoms with Crippen molar-refractivity contribution in [2.75, 3.05) is 31.6 Å². The van der Waals surface area contributed by atoms with Crippen LogP contribution in [0, 0.1) is 0 Å². The van der Waals surface area contributed by atoms with E-state index in [0.717, 1.165) is 44.1 Å². The van der Waals surface area contributed by atoms with Crippen molar-refractivity contribution < 1.29 is 9.53 Å². The van der Waals surface area contributed by atoms with Crippen LogP contribution in [-0.4, -0.2) is 47.3 Å². The van der Waals surface area contributed by atoms with E-state index in [9.17, 15) is 4.79 Å². The molecule has 1 saturated heterocycles. The number of rotatable bonds is 6. The van der Waals surface area contributed by atoms with E-state index in [1.54, 1.807) is 17.5 Å². The van der Waals surface area contributed by atoms with Gasteiger partial charge in [0, 0.05) is 42.2 Å². The number of amides is 1. The molecule has 0 unspecified atom stereocenters. The number of hydrogen-bond donors (Lipinski definition) is 2. The number of aromatic amines is 1. The first kappa shape index (κ1) is 17.9. The van der Waals surface area contributed by atoms with Gasteiger partial charge in [-0.15, -0.1) is 11.3 Å². The van der Waals surface area contributed by atoms with Gasteiger partial charge in [0.15, 0.2) is 0 Å². The Morgan fingerprint density at radius 2 is 2.04 bits per heavy atom. The number of nitrogens with zero attached hydrogens (tertiary/aromatic N) is 2. The second kappa shape index (κ2) is 8.47. The Labute approximate surface area is 162 Å². The van der Waals surface area contributed by atoms with E-state index in [-0.39, 0.29) is 5.91 Å². The van der Waals surface area contributed by atoms with Gasteiger partial charge in [-0.05, 0) is 29.1 Å². The van der Waals surface area contributed by atoms with E-state index in [1.165, 1.54) is 10.4 Å². The number of anilines is 1. The van der Waals surface area contributed by atoms with Gasteiger partial charge in [-0.2, -0.15) is 5.10 Å². The molecule has 0 bridgehead atoms. The number of benzene rings is 1. The lowest BCUT2D eigenvalue weighted by atomic mass is 10.1. The molecule has 1 amide bonds. The molecular formula is C20H22N4O2S. The number of thiophene rings is 1. The molecule has 4 rings (SSSR count). The Morgan fingerprint density at radius 1 is 1.22 bits per heavy atom. The molecule has 6 nitrogen and oxygen atoms in total. The highest BCUT2D eigenvalue weighted by molar-refractivity contribution is 7.09. The molecule has 27 heavy (non-hydrogen) atoms. The lowest BCUT2D eigenvalue weighted by Crippen LogP contribution is -2.35. The largest absolute Gasteiger partial charge is 0.379 e. The smallest absolute Gasteiger partial charge is 0.273 e. The number of H-pyrrole nitrogens is 1. The number of carbonyl (C=O) groups excluding carboxylic acids is 1. The molecule has 2 N–H and O–H groups in total. The monoisotopic (exact) mass is 382 g/mol. The minimum absolute atomic E-state index is 0.167. The fraction of sp³-hybridized carbons (Fsp3) is 0.300. The number of ether oxygens (including phenoxy) is 1. The summed E-state index contributed by atoms with van der Waals surface area (Å²) in [5.41, 5.74) is 3.43. The van der Waals surface area contributed by atoms with E-state index >= 15 is 0 Å². The summed E-state index contributed by atoms with van der Waals surface area (Å²) in [5, 5.41) is 11.9. The van der Waals surface area contributed by atoms with Crippen molar-refractivity contribution in [3.63, 3.8) is 0 Å². The highest BCUT2D eigenvalue weighted by atomic mass is 32.1. The first-order chi connectivity index (χ1) is 13.3. The molecule has 140 valence electrons. The van der Waals surface area contributed by atoms with Crippen molar-refractivity contribution >= 4 is 22.9 Å². The van der Waals surface area contributed by atoms with Crippen LogP contribution in [0.2, 0.25) is 0 Å². The van der Waals surface area contributed by atoms with Crippen molar-refractivity contribution in [3.05, 3.63) is 69.7 Å². The van der Waals surface area contributed by atoms with Crippen LogP contribution in [0.4, 0.5) is 5.69 Å². The summed E-state index contributed by atoms with van der Waals surface area (Å²) in [6.07, 6.45) is 2.43. The number of morpholine rings is 1. The molecule has 1 aliphatic heterocycles. The van der Waals surface area contributed by atoms with Crippen LogP contribution in [0.3, 0.4) is 0 Å². The van der Waals surface area contributed by atoms with Crippen LogP contribution in [0.15, 0.2) is 48.0 Å². The highest BCUT2D eigenvalue weighted by Crippen LogP contribution is 2.18. The molecular weight excluding hydrogens is 360 g/mol. The maximum atomic E-state index is 12.6. The van der Waals surface area contributed by atoms with Crippen molar-refractivity contribution in [1.29, 1.82) is 0 Å². The number of aromatic nitrogens is 2. The molecule has 2 aromatic heterocycles. The summed E-state index contributed by atoms with van der Waals surface area (Å²) in [6, 6.07) is 12.1. The van der Waals surface area contributed by atoms with Gasteiger partial charge in [0.1, 0.15) is 5.69 Å². The highest BCUT2D eigenvalue weighted by Gasteiger charge is 2.15. The normalized spacial score (nSPS) is 15.0. The minimum Gasteiger partial charge on any atom is -0.379 e. The Kier molecular flexibility index (Phi) is 5.62. The van der Waals surface area contributed by atoms with E-state index in [1.807, 2.05) is 23.6 Å². The van der Waals surface area contributed by atoms with E-state index in [0.29, 0.717) is 12.1 Å². The maximum Gasteiger partial charge on any atom is 0.273 e. The molecule has 1 aromatic carbocycles. The molecule has 1 aliphatic rings. The molecule has 0 aliphatic carbocycles. The van der Waals surface area contributed by atoms with Crippen molar-refractivity contribution in [2.24, 2.45) is 0 Å². The van der Waals surface area contributed by atoms with Gasteiger partial charge >= 0.3 is 0 Å². The molecule has 3 aromatic rings. The second-order valence-electron chi connectivity index (χ2n) is 6.57. The van der Waals surface area contributed by atoms with Gasteiger partial charge in [0.2, 0.25) is 0 Å². The molecule has 7 heteroatoms. The van der Waals surface area contributed by atoms with E-state index < -0.39 is 0 Å². The van der Waals surface area contributed by atoms with Crippen molar-refractivity contribution in [1.82, 2.24) is 15.1 Å². The van der Waals surface area contributed by atoms with Crippen LogP contribution in [0.5, 0.6) is 0 Å². The van der Waals surface area contributed by atoms with Gasteiger partial charge < -0.3 is 10.1 Å².